The number of piperidine rings is 1. The van der Waals surface area contributed by atoms with Gasteiger partial charge in [0, 0.05) is 45.0 Å². The van der Waals surface area contributed by atoms with E-state index in [0.717, 1.165) is 6.04 Å². The van der Waals surface area contributed by atoms with Gasteiger partial charge in [-0.05, 0) is 46.6 Å². The van der Waals surface area contributed by atoms with Crippen LogP contribution in [0, 0.1) is 0 Å². The van der Waals surface area contributed by atoms with Crippen molar-refractivity contribution in [3.8, 4) is 0 Å². The molecule has 0 spiro atoms. The van der Waals surface area contributed by atoms with Gasteiger partial charge in [-0.1, -0.05) is 19.6 Å². The zero-order chi connectivity index (χ0) is 26.0. The van der Waals surface area contributed by atoms with Gasteiger partial charge < -0.3 is 29.9 Å². The summed E-state index contributed by atoms with van der Waals surface area (Å²) in [5.74, 6) is 0.360. The summed E-state index contributed by atoms with van der Waals surface area (Å²) in [6.45, 7) is 16.1. The van der Waals surface area contributed by atoms with E-state index in [1.807, 2.05) is 32.3 Å². The second-order valence-electron chi connectivity index (χ2n) is 11.7. The van der Waals surface area contributed by atoms with Crippen LogP contribution >= 0.6 is 0 Å². The molecule has 3 heterocycles. The third-order valence-electron chi connectivity index (χ3n) is 6.00. The molecule has 11 heteroatoms. The highest BCUT2D eigenvalue weighted by atomic mass is 28.3. The molecular formula is C24H40N6O4Si. The highest BCUT2D eigenvalue weighted by molar-refractivity contribution is 6.76. The van der Waals surface area contributed by atoms with Gasteiger partial charge in [0.15, 0.2) is 5.65 Å². The molecule has 0 aliphatic carbocycles. The van der Waals surface area contributed by atoms with E-state index in [4.69, 9.17) is 9.72 Å². The summed E-state index contributed by atoms with van der Waals surface area (Å²) >= 11 is 0. The molecule has 1 saturated heterocycles. The smallest absolute Gasteiger partial charge is 0.407 e. The first-order valence-corrected chi connectivity index (χ1v) is 16.0. The Bertz CT molecular complexity index is 1060. The van der Waals surface area contributed by atoms with Gasteiger partial charge in [-0.25, -0.2) is 14.8 Å². The number of hydrogen-bond acceptors (Lipinski definition) is 6. The Morgan fingerprint density at radius 3 is 2.60 bits per heavy atom. The van der Waals surface area contributed by atoms with Gasteiger partial charge in [0.1, 0.15) is 18.1 Å². The van der Waals surface area contributed by atoms with Crippen molar-refractivity contribution in [3.05, 3.63) is 18.0 Å². The summed E-state index contributed by atoms with van der Waals surface area (Å²) in [5, 5.41) is 15.7. The molecule has 0 aromatic carbocycles. The Kier molecular flexibility index (Phi) is 8.10. The van der Waals surface area contributed by atoms with Gasteiger partial charge in [0.05, 0.1) is 11.8 Å². The van der Waals surface area contributed by atoms with Crippen molar-refractivity contribution in [2.24, 2.45) is 0 Å². The zero-order valence-corrected chi connectivity index (χ0v) is 23.0. The van der Waals surface area contributed by atoms with Crippen LogP contribution in [0.4, 0.5) is 10.6 Å². The number of hydrogen-bond donors (Lipinski definition) is 3. The Morgan fingerprint density at radius 2 is 2.00 bits per heavy atom. The molecule has 2 aromatic rings. The van der Waals surface area contributed by atoms with E-state index in [1.54, 1.807) is 12.4 Å². The van der Waals surface area contributed by atoms with Crippen molar-refractivity contribution in [2.75, 3.05) is 18.5 Å². The maximum absolute atomic E-state index is 13.1. The van der Waals surface area contributed by atoms with Crippen LogP contribution in [0.25, 0.3) is 11.2 Å². The number of amides is 2. The maximum Gasteiger partial charge on any atom is 0.407 e. The number of nitrogens with zero attached hydrogens (tertiary/aromatic N) is 4. The summed E-state index contributed by atoms with van der Waals surface area (Å²) in [6, 6.07) is 1.05. The predicted octanol–water partition coefficient (Wildman–Crippen LogP) is 4.21. The molecule has 1 aliphatic rings. The lowest BCUT2D eigenvalue weighted by molar-refractivity contribution is 0.0885. The van der Waals surface area contributed by atoms with Crippen molar-refractivity contribution < 1.29 is 19.4 Å². The monoisotopic (exact) mass is 504 g/mol. The lowest BCUT2D eigenvalue weighted by Gasteiger charge is -2.36. The van der Waals surface area contributed by atoms with E-state index in [2.05, 4.69) is 35.3 Å². The summed E-state index contributed by atoms with van der Waals surface area (Å²) in [7, 11) is -1.20. The van der Waals surface area contributed by atoms with Gasteiger partial charge >= 0.3 is 6.09 Å². The van der Waals surface area contributed by atoms with Crippen molar-refractivity contribution in [3.63, 3.8) is 0 Å². The van der Waals surface area contributed by atoms with E-state index < -0.39 is 19.7 Å². The fraction of sp³-hybridized carbons (Fsp3) is 0.667. The van der Waals surface area contributed by atoms with E-state index in [9.17, 15) is 14.7 Å². The summed E-state index contributed by atoms with van der Waals surface area (Å²) in [5.41, 5.74) is 1.17. The number of anilines is 1. The second-order valence-corrected chi connectivity index (χ2v) is 17.3. The second kappa shape index (κ2) is 10.5. The normalized spacial score (nSPS) is 19.1. The van der Waals surface area contributed by atoms with Gasteiger partial charge in [-0.2, -0.15) is 0 Å². The fourth-order valence-corrected chi connectivity index (χ4v) is 4.89. The number of ether oxygens (including phenoxy) is 1. The Morgan fingerprint density at radius 1 is 1.29 bits per heavy atom. The molecule has 2 aromatic heterocycles. The van der Waals surface area contributed by atoms with Crippen molar-refractivity contribution in [1.29, 1.82) is 0 Å². The van der Waals surface area contributed by atoms with E-state index in [-0.39, 0.29) is 18.0 Å². The Balaban J connectivity index is 1.82. The van der Waals surface area contributed by atoms with E-state index in [1.165, 1.54) is 4.90 Å². The molecule has 10 nitrogen and oxygen atoms in total. The van der Waals surface area contributed by atoms with Gasteiger partial charge in [0.25, 0.3) is 5.91 Å². The number of carbonyl (C=O) groups is 2. The number of carbonyl (C=O) groups excluding carboxylic acids is 1. The molecule has 0 radical (unpaired) electrons. The molecule has 1 aliphatic heterocycles. The number of aromatic nitrogens is 3. The summed E-state index contributed by atoms with van der Waals surface area (Å²) < 4.78 is 7.76. The van der Waals surface area contributed by atoms with E-state index in [0.29, 0.717) is 55.3 Å². The molecule has 0 bridgehead atoms. The Labute approximate surface area is 208 Å². The summed E-state index contributed by atoms with van der Waals surface area (Å²) in [6.07, 6.45) is 3.90. The van der Waals surface area contributed by atoms with Gasteiger partial charge in [-0.15, -0.1) is 0 Å². The average molecular weight is 505 g/mol. The first-order valence-electron chi connectivity index (χ1n) is 12.3. The average Bonchev–Trinajstić information content (AvgIpc) is 3.07. The number of likely N-dealkylation sites (tertiary alicyclic amines) is 1. The number of nitrogens with one attached hydrogen (secondary N) is 2. The Hall–Kier alpha value is -2.66. The van der Waals surface area contributed by atoms with Crippen LogP contribution in [0.2, 0.25) is 25.7 Å². The molecule has 3 rings (SSSR count). The standard InChI is InChI=1S/C24H40N6O4Si/c1-16-12-17(8-9-30(16)23(32)33)26-19-13-25-21-20(27-19)18(22(31)28-24(2,3)4)14-29(21)15-34-10-11-35(5,6)7/h13-14,16-17H,8-12,15H2,1-7H3,(H,26,27)(H,28,31)(H,32,33). The number of rotatable bonds is 8. The van der Waals surface area contributed by atoms with Crippen LogP contribution in [0.5, 0.6) is 0 Å². The lowest BCUT2D eigenvalue weighted by Crippen LogP contribution is -2.47. The van der Waals surface area contributed by atoms with Crippen molar-refractivity contribution >= 4 is 37.1 Å². The van der Waals surface area contributed by atoms with Crippen LogP contribution < -0.4 is 10.6 Å². The van der Waals surface area contributed by atoms with Crippen molar-refractivity contribution in [2.45, 2.75) is 90.6 Å². The molecule has 2 atom stereocenters. The molecular weight excluding hydrogens is 464 g/mol. The predicted molar refractivity (Wildman–Crippen MR) is 140 cm³/mol. The fourth-order valence-electron chi connectivity index (χ4n) is 4.13. The summed E-state index contributed by atoms with van der Waals surface area (Å²) in [4.78, 5) is 35.3. The minimum Gasteiger partial charge on any atom is -0.465 e. The molecule has 194 valence electrons. The quantitative estimate of drug-likeness (QED) is 0.363. The van der Waals surface area contributed by atoms with E-state index >= 15 is 0 Å². The molecule has 3 N–H and O–H groups in total. The van der Waals surface area contributed by atoms with Crippen LogP contribution in [-0.2, 0) is 11.5 Å². The number of fused-ring (bicyclic) bond motifs is 1. The first kappa shape index (κ1) is 26.9. The van der Waals surface area contributed by atoms with Crippen molar-refractivity contribution in [1.82, 2.24) is 24.8 Å². The zero-order valence-electron chi connectivity index (χ0n) is 22.0. The molecule has 1 fully saturated rings. The SMILES string of the molecule is CC1CC(Nc2cnc3c(n2)c(C(=O)NC(C)(C)C)cn3COCC[Si](C)(C)C)CCN1C(=O)O. The lowest BCUT2D eigenvalue weighted by atomic mass is 9.99. The highest BCUT2D eigenvalue weighted by Crippen LogP contribution is 2.24. The van der Waals surface area contributed by atoms with Crippen LogP contribution in [0.1, 0.15) is 50.9 Å². The van der Waals surface area contributed by atoms with Crippen LogP contribution in [0.15, 0.2) is 12.4 Å². The number of carboxylic acid groups (broad SMARTS) is 1. The maximum atomic E-state index is 13.1. The third-order valence-corrected chi connectivity index (χ3v) is 7.70. The topological polar surface area (TPSA) is 122 Å². The molecule has 35 heavy (non-hydrogen) atoms. The first-order chi connectivity index (χ1) is 16.2. The minimum absolute atomic E-state index is 0.0752. The third kappa shape index (κ3) is 7.41. The van der Waals surface area contributed by atoms with Gasteiger partial charge in [-0.3, -0.25) is 4.79 Å². The highest BCUT2D eigenvalue weighted by Gasteiger charge is 2.29. The molecule has 0 saturated carbocycles. The largest absolute Gasteiger partial charge is 0.465 e. The minimum atomic E-state index is -1.20. The van der Waals surface area contributed by atoms with Crippen LogP contribution in [0.3, 0.4) is 0 Å². The van der Waals surface area contributed by atoms with Crippen LogP contribution in [-0.4, -0.2) is 75.4 Å². The van der Waals surface area contributed by atoms with Gasteiger partial charge in [0.2, 0.25) is 0 Å². The molecule has 2 amide bonds. The molecule has 2 unspecified atom stereocenters.